The number of ether oxygens (including phenoxy) is 2. The third kappa shape index (κ3) is 5.14. The Morgan fingerprint density at radius 1 is 1.00 bits per heavy atom. The zero-order chi connectivity index (χ0) is 24.1. The molecule has 1 aliphatic heterocycles. The van der Waals surface area contributed by atoms with Crippen molar-refractivity contribution in [2.75, 3.05) is 18.6 Å². The van der Waals surface area contributed by atoms with Gasteiger partial charge in [0, 0.05) is 12.6 Å². The Hall–Kier alpha value is -3.60. The number of anilines is 1. The van der Waals surface area contributed by atoms with Gasteiger partial charge in [0.05, 0.1) is 25.7 Å². The zero-order valence-corrected chi connectivity index (χ0v) is 20.0. The number of amides is 1. The minimum absolute atomic E-state index is 0.103. The molecule has 3 aromatic rings. The van der Waals surface area contributed by atoms with Crippen molar-refractivity contribution in [1.29, 1.82) is 0 Å². The molecular formula is C29H31NO4. The van der Waals surface area contributed by atoms with Crippen LogP contribution in [0, 0.1) is 5.41 Å². The van der Waals surface area contributed by atoms with E-state index in [4.69, 9.17) is 9.47 Å². The maximum atomic E-state index is 13.8. The fourth-order valence-corrected chi connectivity index (χ4v) is 4.68. The van der Waals surface area contributed by atoms with Gasteiger partial charge in [-0.05, 0) is 65.8 Å². The van der Waals surface area contributed by atoms with E-state index in [2.05, 4.69) is 30.3 Å². The molecule has 0 saturated carbocycles. The highest BCUT2D eigenvalue weighted by atomic mass is 16.5. The first kappa shape index (κ1) is 23.6. The number of hydrogen-bond acceptors (Lipinski definition) is 4. The molecule has 34 heavy (non-hydrogen) atoms. The summed E-state index contributed by atoms with van der Waals surface area (Å²) in [6, 6.07) is 24.5. The predicted octanol–water partition coefficient (Wildman–Crippen LogP) is 5.80. The molecule has 0 spiro atoms. The Morgan fingerprint density at radius 3 is 2.41 bits per heavy atom. The van der Waals surface area contributed by atoms with Gasteiger partial charge < -0.3 is 14.4 Å². The van der Waals surface area contributed by atoms with Crippen molar-refractivity contribution in [3.05, 3.63) is 83.9 Å². The molecule has 1 atom stereocenters. The van der Waals surface area contributed by atoms with Crippen LogP contribution < -0.4 is 9.64 Å². The quantitative estimate of drug-likeness (QED) is 0.317. The molecule has 0 aromatic heterocycles. The average Bonchev–Trinajstić information content (AvgIpc) is 2.85. The van der Waals surface area contributed by atoms with Crippen molar-refractivity contribution in [1.82, 2.24) is 0 Å². The third-order valence-corrected chi connectivity index (χ3v) is 6.50. The monoisotopic (exact) mass is 457 g/mol. The van der Waals surface area contributed by atoms with Gasteiger partial charge in [-0.25, -0.2) is 0 Å². The van der Waals surface area contributed by atoms with Crippen LogP contribution in [0.1, 0.15) is 37.8 Å². The highest BCUT2D eigenvalue weighted by molar-refractivity contribution is 6.00. The number of methoxy groups -OCH3 is 1. The van der Waals surface area contributed by atoms with Crippen LogP contribution in [0.4, 0.5) is 5.69 Å². The molecule has 0 bridgehead atoms. The molecule has 4 rings (SSSR count). The Morgan fingerprint density at radius 2 is 1.74 bits per heavy atom. The van der Waals surface area contributed by atoms with E-state index in [0.717, 1.165) is 33.7 Å². The summed E-state index contributed by atoms with van der Waals surface area (Å²) >= 11 is 0. The number of hydrogen-bond donors (Lipinski definition) is 0. The topological polar surface area (TPSA) is 55.8 Å². The number of carbonyl (C=O) groups excluding carboxylic acids is 2. The second kappa shape index (κ2) is 10.1. The van der Waals surface area contributed by atoms with Crippen molar-refractivity contribution in [2.24, 2.45) is 5.41 Å². The molecule has 0 radical (unpaired) electrons. The molecule has 5 heteroatoms. The number of carbonyl (C=O) groups is 2. The van der Waals surface area contributed by atoms with E-state index < -0.39 is 5.41 Å². The van der Waals surface area contributed by atoms with Gasteiger partial charge in [0.15, 0.2) is 0 Å². The fraction of sp³-hybridized carbons (Fsp3) is 0.310. The van der Waals surface area contributed by atoms with Gasteiger partial charge in [0.2, 0.25) is 5.91 Å². The molecule has 176 valence electrons. The molecule has 0 N–H and O–H groups in total. The number of esters is 1. The molecule has 5 nitrogen and oxygen atoms in total. The standard InChI is InChI=1S/C29H31NO4/c1-21(31)34-17-7-16-29(2)19-25-18-24(23-8-5-4-6-9-23)12-15-27(25)30(28(29)32)20-22-10-13-26(33-3)14-11-22/h4-6,8-15,18H,7,16-17,19-20H2,1-3H3. The summed E-state index contributed by atoms with van der Waals surface area (Å²) in [5, 5.41) is 0. The van der Waals surface area contributed by atoms with Crippen LogP contribution in [-0.2, 0) is 27.3 Å². The lowest BCUT2D eigenvalue weighted by atomic mass is 9.74. The molecule has 0 fully saturated rings. The van der Waals surface area contributed by atoms with Crippen LogP contribution in [0.25, 0.3) is 11.1 Å². The van der Waals surface area contributed by atoms with Crippen molar-refractivity contribution < 1.29 is 19.1 Å². The Bertz CT molecular complexity index is 1160. The normalized spacial score (nSPS) is 17.3. The maximum Gasteiger partial charge on any atom is 0.302 e. The van der Waals surface area contributed by atoms with E-state index in [0.29, 0.717) is 32.4 Å². The van der Waals surface area contributed by atoms with Gasteiger partial charge in [-0.2, -0.15) is 0 Å². The van der Waals surface area contributed by atoms with Crippen LogP contribution in [-0.4, -0.2) is 25.6 Å². The summed E-state index contributed by atoms with van der Waals surface area (Å²) in [5.41, 5.74) is 4.87. The number of rotatable bonds is 8. The number of nitrogens with zero attached hydrogens (tertiary/aromatic N) is 1. The average molecular weight is 458 g/mol. The molecule has 0 saturated heterocycles. The Kier molecular flexibility index (Phi) is 7.01. The second-order valence-electron chi connectivity index (χ2n) is 9.13. The largest absolute Gasteiger partial charge is 0.497 e. The smallest absolute Gasteiger partial charge is 0.302 e. The minimum Gasteiger partial charge on any atom is -0.497 e. The van der Waals surface area contributed by atoms with Crippen molar-refractivity contribution in [3.8, 4) is 16.9 Å². The van der Waals surface area contributed by atoms with Crippen molar-refractivity contribution in [3.63, 3.8) is 0 Å². The predicted molar refractivity (Wildman–Crippen MR) is 134 cm³/mol. The minimum atomic E-state index is -0.574. The number of benzene rings is 3. The summed E-state index contributed by atoms with van der Waals surface area (Å²) in [5.74, 6) is 0.599. The van der Waals surface area contributed by atoms with Crippen LogP contribution >= 0.6 is 0 Å². The van der Waals surface area contributed by atoms with Crippen molar-refractivity contribution in [2.45, 2.75) is 39.7 Å². The molecule has 1 unspecified atom stereocenters. The van der Waals surface area contributed by atoms with E-state index in [1.807, 2.05) is 54.3 Å². The lowest BCUT2D eigenvalue weighted by Crippen LogP contribution is -2.47. The lowest BCUT2D eigenvalue weighted by molar-refractivity contribution is -0.141. The van der Waals surface area contributed by atoms with E-state index in [1.54, 1.807) is 7.11 Å². The first-order valence-corrected chi connectivity index (χ1v) is 11.7. The van der Waals surface area contributed by atoms with Gasteiger partial charge in [-0.3, -0.25) is 9.59 Å². The van der Waals surface area contributed by atoms with Gasteiger partial charge in [-0.1, -0.05) is 55.5 Å². The maximum absolute atomic E-state index is 13.8. The molecular weight excluding hydrogens is 426 g/mol. The highest BCUT2D eigenvalue weighted by Gasteiger charge is 2.42. The number of fused-ring (bicyclic) bond motifs is 1. The molecule has 1 amide bonds. The van der Waals surface area contributed by atoms with Crippen LogP contribution in [0.3, 0.4) is 0 Å². The van der Waals surface area contributed by atoms with E-state index in [-0.39, 0.29) is 11.9 Å². The third-order valence-electron chi connectivity index (χ3n) is 6.50. The first-order chi connectivity index (χ1) is 16.4. The van der Waals surface area contributed by atoms with Crippen LogP contribution in [0.15, 0.2) is 72.8 Å². The first-order valence-electron chi connectivity index (χ1n) is 11.7. The van der Waals surface area contributed by atoms with E-state index in [9.17, 15) is 9.59 Å². The van der Waals surface area contributed by atoms with Gasteiger partial charge >= 0.3 is 5.97 Å². The van der Waals surface area contributed by atoms with Crippen LogP contribution in [0.5, 0.6) is 5.75 Å². The van der Waals surface area contributed by atoms with Gasteiger partial charge in [-0.15, -0.1) is 0 Å². The van der Waals surface area contributed by atoms with E-state index in [1.165, 1.54) is 6.92 Å². The molecule has 0 aliphatic carbocycles. The van der Waals surface area contributed by atoms with Gasteiger partial charge in [0.1, 0.15) is 5.75 Å². The summed E-state index contributed by atoms with van der Waals surface area (Å²) in [7, 11) is 1.64. The Labute approximate surface area is 201 Å². The molecule has 1 heterocycles. The van der Waals surface area contributed by atoms with Crippen LogP contribution in [0.2, 0.25) is 0 Å². The van der Waals surface area contributed by atoms with E-state index >= 15 is 0 Å². The zero-order valence-electron chi connectivity index (χ0n) is 20.0. The second-order valence-corrected chi connectivity index (χ2v) is 9.13. The SMILES string of the molecule is COc1ccc(CN2C(=O)C(C)(CCCOC(C)=O)Cc3cc(-c4ccccc4)ccc32)cc1. The highest BCUT2D eigenvalue weighted by Crippen LogP contribution is 2.42. The Balaban J connectivity index is 1.67. The fourth-order valence-electron chi connectivity index (χ4n) is 4.68. The summed E-state index contributed by atoms with van der Waals surface area (Å²) in [4.78, 5) is 26.9. The molecule has 3 aromatic carbocycles. The lowest BCUT2D eigenvalue weighted by Gasteiger charge is -2.41. The summed E-state index contributed by atoms with van der Waals surface area (Å²) < 4.78 is 10.4. The van der Waals surface area contributed by atoms with Crippen molar-refractivity contribution >= 4 is 17.6 Å². The van der Waals surface area contributed by atoms with Gasteiger partial charge in [0.25, 0.3) is 0 Å². The summed E-state index contributed by atoms with van der Waals surface area (Å²) in [6.45, 7) is 4.25. The molecule has 1 aliphatic rings. The summed E-state index contributed by atoms with van der Waals surface area (Å²) in [6.07, 6.45) is 1.94.